The molecule has 2 unspecified atom stereocenters. The molecular weight excluding hydrogens is 426 g/mol. The lowest BCUT2D eigenvalue weighted by atomic mass is 9.95. The molecule has 166 valence electrons. The van der Waals surface area contributed by atoms with Gasteiger partial charge in [0.05, 0.1) is 6.04 Å². The number of ether oxygens (including phenoxy) is 1. The average Bonchev–Trinajstić information content (AvgIpc) is 3.33. The summed E-state index contributed by atoms with van der Waals surface area (Å²) in [6.45, 7) is 0.384. The van der Waals surface area contributed by atoms with Crippen molar-refractivity contribution in [1.29, 1.82) is 0 Å². The fraction of sp³-hybridized carbons (Fsp3) is 0.276. The Labute approximate surface area is 199 Å². The highest BCUT2D eigenvalue weighted by molar-refractivity contribution is 7.98. The fourth-order valence-electron chi connectivity index (χ4n) is 5.80. The highest BCUT2D eigenvalue weighted by Gasteiger charge is 2.41. The molecule has 3 aromatic carbocycles. The first-order chi connectivity index (χ1) is 16.2. The Balaban J connectivity index is 1.19. The van der Waals surface area contributed by atoms with E-state index in [1.54, 1.807) is 11.8 Å². The van der Waals surface area contributed by atoms with Gasteiger partial charge in [0, 0.05) is 16.9 Å². The second-order valence-electron chi connectivity index (χ2n) is 9.13. The van der Waals surface area contributed by atoms with Gasteiger partial charge in [0.15, 0.2) is 0 Å². The van der Waals surface area contributed by atoms with E-state index in [9.17, 15) is 4.79 Å². The van der Waals surface area contributed by atoms with Gasteiger partial charge in [-0.1, -0.05) is 66.7 Å². The molecule has 2 heterocycles. The van der Waals surface area contributed by atoms with Crippen LogP contribution in [-0.4, -0.2) is 35.9 Å². The summed E-state index contributed by atoms with van der Waals surface area (Å²) in [6.07, 6.45) is 7.18. The predicted molar refractivity (Wildman–Crippen MR) is 135 cm³/mol. The highest BCUT2D eigenvalue weighted by Crippen LogP contribution is 2.45. The van der Waals surface area contributed by atoms with Crippen molar-refractivity contribution in [3.8, 4) is 11.1 Å². The molecule has 3 nitrogen and oxygen atoms in total. The lowest BCUT2D eigenvalue weighted by Crippen LogP contribution is -2.43. The van der Waals surface area contributed by atoms with E-state index < -0.39 is 0 Å². The van der Waals surface area contributed by atoms with Gasteiger partial charge in [0.2, 0.25) is 0 Å². The molecule has 2 aliphatic heterocycles. The maximum atomic E-state index is 13.2. The van der Waals surface area contributed by atoms with E-state index in [-0.39, 0.29) is 24.1 Å². The first-order valence-electron chi connectivity index (χ1n) is 11.7. The molecule has 1 saturated heterocycles. The van der Waals surface area contributed by atoms with Crippen LogP contribution in [0.25, 0.3) is 16.7 Å². The first-order valence-corrected chi connectivity index (χ1v) is 12.9. The van der Waals surface area contributed by atoms with Crippen molar-refractivity contribution in [2.75, 3.05) is 12.9 Å². The van der Waals surface area contributed by atoms with Crippen LogP contribution in [0.5, 0.6) is 0 Å². The summed E-state index contributed by atoms with van der Waals surface area (Å²) in [5.41, 5.74) is 7.65. The quantitative estimate of drug-likeness (QED) is 0.399. The summed E-state index contributed by atoms with van der Waals surface area (Å²) in [6, 6.07) is 26.1. The molecule has 0 saturated carbocycles. The molecule has 6 rings (SSSR count). The van der Waals surface area contributed by atoms with Crippen molar-refractivity contribution in [2.45, 2.75) is 42.2 Å². The Morgan fingerprint density at radius 1 is 0.939 bits per heavy atom. The molecule has 2 bridgehead atoms. The number of nitrogens with zero attached hydrogens (tertiary/aromatic N) is 1. The summed E-state index contributed by atoms with van der Waals surface area (Å²) in [4.78, 5) is 16.5. The minimum absolute atomic E-state index is 0.102. The molecule has 1 fully saturated rings. The number of hydrogen-bond acceptors (Lipinski definition) is 3. The third-order valence-corrected chi connectivity index (χ3v) is 8.15. The molecule has 1 aliphatic carbocycles. The number of thioether (sulfide) groups is 1. The molecule has 0 radical (unpaired) electrons. The second kappa shape index (κ2) is 8.42. The summed E-state index contributed by atoms with van der Waals surface area (Å²) in [5.74, 6) is 0.102. The Bertz CT molecular complexity index is 1190. The largest absolute Gasteiger partial charge is 0.448 e. The van der Waals surface area contributed by atoms with Crippen molar-refractivity contribution in [1.82, 2.24) is 4.90 Å². The minimum Gasteiger partial charge on any atom is -0.448 e. The topological polar surface area (TPSA) is 29.5 Å². The molecule has 0 aromatic heterocycles. The van der Waals surface area contributed by atoms with E-state index in [2.05, 4.69) is 85.1 Å². The summed E-state index contributed by atoms with van der Waals surface area (Å²) in [5, 5.41) is 0. The van der Waals surface area contributed by atoms with E-state index in [1.165, 1.54) is 38.3 Å². The van der Waals surface area contributed by atoms with Crippen LogP contribution in [0.15, 0.2) is 83.8 Å². The standard InChI is InChI=1S/C29H27NO2S/c1-33-23-14-10-19(11-15-23)20-16-21-12-13-22(17-20)30(21)29(31)32-18-28-26-8-4-2-6-24(26)25-7-3-5-9-27(25)28/h2-11,14-16,21-22,28H,12-13,17-18H2,1H3. The summed E-state index contributed by atoms with van der Waals surface area (Å²) >= 11 is 1.76. The van der Waals surface area contributed by atoms with Crippen molar-refractivity contribution in [2.24, 2.45) is 0 Å². The Morgan fingerprint density at radius 2 is 1.61 bits per heavy atom. The number of fused-ring (bicyclic) bond motifs is 5. The van der Waals surface area contributed by atoms with Gasteiger partial charge < -0.3 is 4.74 Å². The molecule has 2 atom stereocenters. The molecule has 1 amide bonds. The molecule has 3 aromatic rings. The van der Waals surface area contributed by atoms with Gasteiger partial charge >= 0.3 is 6.09 Å². The van der Waals surface area contributed by atoms with Crippen LogP contribution in [0.2, 0.25) is 0 Å². The van der Waals surface area contributed by atoms with E-state index in [4.69, 9.17) is 4.74 Å². The lowest BCUT2D eigenvalue weighted by molar-refractivity contribution is 0.0866. The van der Waals surface area contributed by atoms with E-state index in [0.29, 0.717) is 6.61 Å². The maximum absolute atomic E-state index is 13.2. The van der Waals surface area contributed by atoms with Crippen molar-refractivity contribution >= 4 is 23.4 Å². The van der Waals surface area contributed by atoms with Gasteiger partial charge in [-0.15, -0.1) is 11.8 Å². The monoisotopic (exact) mass is 453 g/mol. The predicted octanol–water partition coefficient (Wildman–Crippen LogP) is 6.98. The minimum atomic E-state index is -0.169. The summed E-state index contributed by atoms with van der Waals surface area (Å²) in [7, 11) is 0. The van der Waals surface area contributed by atoms with Crippen LogP contribution in [0.1, 0.15) is 41.9 Å². The van der Waals surface area contributed by atoms with Gasteiger partial charge in [-0.25, -0.2) is 4.79 Å². The van der Waals surface area contributed by atoms with Crippen LogP contribution < -0.4 is 0 Å². The Kier molecular flexibility index (Phi) is 5.26. The van der Waals surface area contributed by atoms with Gasteiger partial charge in [0.1, 0.15) is 6.61 Å². The SMILES string of the molecule is CSc1ccc(C2=CC3CCC(C2)N3C(=O)OCC2c3ccccc3-c3ccccc32)cc1. The van der Waals surface area contributed by atoms with E-state index in [1.807, 2.05) is 4.90 Å². The fourth-order valence-corrected chi connectivity index (χ4v) is 6.21. The van der Waals surface area contributed by atoms with Gasteiger partial charge in [0.25, 0.3) is 0 Å². The lowest BCUT2D eigenvalue weighted by Gasteiger charge is -2.33. The van der Waals surface area contributed by atoms with Crippen LogP contribution >= 0.6 is 11.8 Å². The average molecular weight is 454 g/mol. The van der Waals surface area contributed by atoms with Crippen molar-refractivity contribution in [3.63, 3.8) is 0 Å². The number of carbonyl (C=O) groups excluding carboxylic acids is 1. The zero-order valence-electron chi connectivity index (χ0n) is 18.7. The molecule has 3 aliphatic rings. The van der Waals surface area contributed by atoms with Crippen LogP contribution in [0.4, 0.5) is 4.79 Å². The third-order valence-electron chi connectivity index (χ3n) is 7.40. The number of rotatable bonds is 4. The number of carbonyl (C=O) groups is 1. The normalized spacial score (nSPS) is 20.9. The Hall–Kier alpha value is -2.98. The van der Waals surface area contributed by atoms with Gasteiger partial charge in [-0.3, -0.25) is 4.90 Å². The van der Waals surface area contributed by atoms with Crippen molar-refractivity contribution < 1.29 is 9.53 Å². The smallest absolute Gasteiger partial charge is 0.410 e. The highest BCUT2D eigenvalue weighted by atomic mass is 32.2. The van der Waals surface area contributed by atoms with Crippen LogP contribution in [0.3, 0.4) is 0 Å². The zero-order chi connectivity index (χ0) is 22.4. The first kappa shape index (κ1) is 20.6. The Morgan fingerprint density at radius 3 is 2.24 bits per heavy atom. The van der Waals surface area contributed by atoms with Crippen LogP contribution in [-0.2, 0) is 4.74 Å². The van der Waals surface area contributed by atoms with Gasteiger partial charge in [-0.2, -0.15) is 0 Å². The molecule has 33 heavy (non-hydrogen) atoms. The molecular formula is C29H27NO2S. The number of benzene rings is 3. The second-order valence-corrected chi connectivity index (χ2v) is 10.0. The molecule has 0 spiro atoms. The van der Waals surface area contributed by atoms with Crippen LogP contribution in [0, 0.1) is 0 Å². The molecule has 0 N–H and O–H groups in total. The summed E-state index contributed by atoms with van der Waals surface area (Å²) < 4.78 is 5.99. The van der Waals surface area contributed by atoms with E-state index >= 15 is 0 Å². The van der Waals surface area contributed by atoms with Gasteiger partial charge in [-0.05, 0) is 71.0 Å². The number of hydrogen-bond donors (Lipinski definition) is 0. The maximum Gasteiger partial charge on any atom is 0.410 e. The van der Waals surface area contributed by atoms with E-state index in [0.717, 1.165) is 19.3 Å². The third kappa shape index (κ3) is 3.57. The molecule has 4 heteroatoms. The van der Waals surface area contributed by atoms with Crippen molar-refractivity contribution in [3.05, 3.63) is 95.6 Å². The zero-order valence-corrected chi connectivity index (χ0v) is 19.6. The number of amides is 1.